The molecule has 1 heterocycles. The monoisotopic (exact) mass is 297 g/mol. The van der Waals surface area contributed by atoms with Crippen LogP contribution < -0.4 is 0 Å². The second-order valence-electron chi connectivity index (χ2n) is 3.83. The number of carboxylic acids is 1. The molecule has 0 saturated carbocycles. The van der Waals surface area contributed by atoms with Crippen LogP contribution in [0.5, 0.6) is 0 Å². The Labute approximate surface area is 109 Å². The number of amides is 1. The summed E-state index contributed by atoms with van der Waals surface area (Å²) in [5.74, 6) is -0.663. The molecule has 9 heteroatoms. The second-order valence-corrected chi connectivity index (χ2v) is 7.19. The average Bonchev–Trinajstić information content (AvgIpc) is 2.27. The number of hydrogen-bond donors (Lipinski definition) is 1. The molecule has 1 saturated heterocycles. The van der Waals surface area contributed by atoms with E-state index in [0.717, 1.165) is 6.26 Å². The van der Waals surface area contributed by atoms with Crippen LogP contribution in [0.25, 0.3) is 0 Å². The molecule has 1 N–H and O–H groups in total. The normalized spacial score (nSPS) is 20.7. The number of sulfone groups is 1. The number of carbonyl (C=O) groups excluding carboxylic acids is 1. The highest BCUT2D eigenvalue weighted by molar-refractivity contribution is 8.00. The molecule has 1 aliphatic heterocycles. The number of nitrogens with zero attached hydrogens (tertiary/aromatic N) is 1. The highest BCUT2D eigenvalue weighted by Crippen LogP contribution is 2.20. The van der Waals surface area contributed by atoms with Gasteiger partial charge >= 0.3 is 5.97 Å². The van der Waals surface area contributed by atoms with Gasteiger partial charge in [0.2, 0.25) is 5.91 Å². The maximum Gasteiger partial charge on any atom is 0.329 e. The van der Waals surface area contributed by atoms with Crippen molar-refractivity contribution in [2.45, 2.75) is 5.37 Å². The van der Waals surface area contributed by atoms with Crippen molar-refractivity contribution in [2.24, 2.45) is 0 Å². The lowest BCUT2D eigenvalue weighted by Crippen LogP contribution is -2.51. The van der Waals surface area contributed by atoms with Gasteiger partial charge in [-0.05, 0) is 0 Å². The first-order valence-electron chi connectivity index (χ1n) is 5.18. The smallest absolute Gasteiger partial charge is 0.329 e. The van der Waals surface area contributed by atoms with Gasteiger partial charge in [-0.3, -0.25) is 4.79 Å². The van der Waals surface area contributed by atoms with Gasteiger partial charge in [0.15, 0.2) is 9.84 Å². The largest absolute Gasteiger partial charge is 0.480 e. The summed E-state index contributed by atoms with van der Waals surface area (Å²) in [7, 11) is -3.35. The summed E-state index contributed by atoms with van der Waals surface area (Å²) >= 11 is 1.47. The molecule has 0 aromatic rings. The number of carbonyl (C=O) groups is 2. The van der Waals surface area contributed by atoms with E-state index in [0.29, 0.717) is 18.1 Å². The molecule has 0 aromatic heterocycles. The SMILES string of the molecule is CS(=O)(=O)C1CSCCN1C(=O)COCC(=O)O. The Morgan fingerprint density at radius 2 is 2.11 bits per heavy atom. The van der Waals surface area contributed by atoms with E-state index in [9.17, 15) is 18.0 Å². The first-order valence-corrected chi connectivity index (χ1v) is 8.29. The molecule has 1 atom stereocenters. The Morgan fingerprint density at radius 1 is 1.44 bits per heavy atom. The molecule has 1 fully saturated rings. The Balaban J connectivity index is 2.61. The third-order valence-corrected chi connectivity index (χ3v) is 4.99. The van der Waals surface area contributed by atoms with Crippen molar-refractivity contribution in [3.05, 3.63) is 0 Å². The zero-order valence-electron chi connectivity index (χ0n) is 9.87. The lowest BCUT2D eigenvalue weighted by molar-refractivity contribution is -0.146. The molecule has 0 bridgehead atoms. The second kappa shape index (κ2) is 6.39. The topological polar surface area (TPSA) is 101 Å². The van der Waals surface area contributed by atoms with Crippen LogP contribution in [0.2, 0.25) is 0 Å². The summed E-state index contributed by atoms with van der Waals surface area (Å²) < 4.78 is 27.8. The van der Waals surface area contributed by atoms with Crippen LogP contribution in [0.15, 0.2) is 0 Å². The van der Waals surface area contributed by atoms with Gasteiger partial charge in [-0.15, -0.1) is 0 Å². The van der Waals surface area contributed by atoms with E-state index in [2.05, 4.69) is 4.74 Å². The van der Waals surface area contributed by atoms with E-state index in [1.165, 1.54) is 16.7 Å². The van der Waals surface area contributed by atoms with Gasteiger partial charge in [-0.2, -0.15) is 11.8 Å². The minimum atomic E-state index is -3.35. The lowest BCUT2D eigenvalue weighted by Gasteiger charge is -2.33. The summed E-state index contributed by atoms with van der Waals surface area (Å²) in [6.07, 6.45) is 1.09. The van der Waals surface area contributed by atoms with E-state index in [-0.39, 0.29) is 0 Å². The van der Waals surface area contributed by atoms with Crippen molar-refractivity contribution in [3.8, 4) is 0 Å². The predicted octanol–water partition coefficient (Wildman–Crippen LogP) is -0.966. The molecular weight excluding hydrogens is 282 g/mol. The number of carboxylic acid groups (broad SMARTS) is 1. The molecule has 1 amide bonds. The lowest BCUT2D eigenvalue weighted by atomic mass is 10.4. The van der Waals surface area contributed by atoms with Gasteiger partial charge < -0.3 is 14.7 Å². The van der Waals surface area contributed by atoms with Gasteiger partial charge in [0.25, 0.3) is 0 Å². The first-order chi connectivity index (χ1) is 8.32. The Hall–Kier alpha value is -0.800. The number of thioether (sulfide) groups is 1. The highest BCUT2D eigenvalue weighted by Gasteiger charge is 2.33. The van der Waals surface area contributed by atoms with E-state index in [1.54, 1.807) is 0 Å². The predicted molar refractivity (Wildman–Crippen MR) is 66.1 cm³/mol. The molecule has 1 unspecified atom stereocenters. The number of hydrogen-bond acceptors (Lipinski definition) is 6. The minimum absolute atomic E-state index is 0.331. The fraction of sp³-hybridized carbons (Fsp3) is 0.778. The molecule has 0 spiro atoms. The van der Waals surface area contributed by atoms with Crippen molar-refractivity contribution in [2.75, 3.05) is 37.5 Å². The summed E-state index contributed by atoms with van der Waals surface area (Å²) in [5, 5.41) is 7.52. The van der Waals surface area contributed by atoms with E-state index in [4.69, 9.17) is 5.11 Å². The quantitative estimate of drug-likeness (QED) is 0.697. The fourth-order valence-corrected chi connectivity index (χ4v) is 4.37. The molecule has 7 nitrogen and oxygen atoms in total. The molecule has 0 aromatic carbocycles. The van der Waals surface area contributed by atoms with Crippen molar-refractivity contribution >= 4 is 33.5 Å². The van der Waals surface area contributed by atoms with Gasteiger partial charge in [-0.1, -0.05) is 0 Å². The van der Waals surface area contributed by atoms with Gasteiger partial charge in [0, 0.05) is 24.3 Å². The van der Waals surface area contributed by atoms with Crippen LogP contribution in [0.4, 0.5) is 0 Å². The molecule has 0 aliphatic carbocycles. The van der Waals surface area contributed by atoms with Gasteiger partial charge in [0.05, 0.1) is 0 Å². The van der Waals surface area contributed by atoms with Crippen LogP contribution in [-0.4, -0.2) is 73.2 Å². The van der Waals surface area contributed by atoms with Crippen molar-refractivity contribution in [1.82, 2.24) is 4.90 Å². The Bertz CT molecular complexity index is 421. The zero-order valence-corrected chi connectivity index (χ0v) is 11.5. The van der Waals surface area contributed by atoms with Gasteiger partial charge in [0.1, 0.15) is 18.6 Å². The fourth-order valence-electron chi connectivity index (χ4n) is 1.53. The Morgan fingerprint density at radius 3 is 2.67 bits per heavy atom. The average molecular weight is 297 g/mol. The number of aliphatic carboxylic acids is 1. The van der Waals surface area contributed by atoms with Crippen molar-refractivity contribution < 1.29 is 27.9 Å². The molecule has 1 aliphatic rings. The summed E-state index contributed by atoms with van der Waals surface area (Å²) in [6.45, 7) is -0.654. The number of rotatable bonds is 5. The maximum absolute atomic E-state index is 11.8. The first kappa shape index (κ1) is 15.3. The van der Waals surface area contributed by atoms with E-state index >= 15 is 0 Å². The molecule has 104 valence electrons. The van der Waals surface area contributed by atoms with Crippen LogP contribution in [0, 0.1) is 0 Å². The standard InChI is InChI=1S/C9H15NO6S2/c1-18(14,15)8-6-17-3-2-10(8)7(11)4-16-5-9(12)13/h8H,2-6H2,1H3,(H,12,13). The van der Waals surface area contributed by atoms with Crippen molar-refractivity contribution in [1.29, 1.82) is 0 Å². The Kier molecular flexibility index (Phi) is 5.42. The molecule has 0 radical (unpaired) electrons. The van der Waals surface area contributed by atoms with E-state index < -0.39 is 40.3 Å². The minimum Gasteiger partial charge on any atom is -0.480 e. The van der Waals surface area contributed by atoms with Gasteiger partial charge in [-0.25, -0.2) is 13.2 Å². The third-order valence-electron chi connectivity index (χ3n) is 2.35. The van der Waals surface area contributed by atoms with Crippen LogP contribution in [0.1, 0.15) is 0 Å². The summed E-state index contributed by atoms with van der Waals surface area (Å²) in [4.78, 5) is 23.2. The molecule has 18 heavy (non-hydrogen) atoms. The van der Waals surface area contributed by atoms with Crippen LogP contribution in [-0.2, 0) is 24.2 Å². The molecule has 1 rings (SSSR count). The highest BCUT2D eigenvalue weighted by atomic mass is 32.2. The van der Waals surface area contributed by atoms with Crippen LogP contribution >= 0.6 is 11.8 Å². The van der Waals surface area contributed by atoms with E-state index in [1.807, 2.05) is 0 Å². The summed E-state index contributed by atoms with van der Waals surface area (Å²) in [6, 6.07) is 0. The third kappa shape index (κ3) is 4.46. The maximum atomic E-state index is 11.8. The van der Waals surface area contributed by atoms with Crippen molar-refractivity contribution in [3.63, 3.8) is 0 Å². The zero-order chi connectivity index (χ0) is 13.8. The number of ether oxygens (including phenoxy) is 1. The van der Waals surface area contributed by atoms with Crippen LogP contribution in [0.3, 0.4) is 0 Å². The molecular formula is C9H15NO6S2. The summed E-state index contributed by atoms with van der Waals surface area (Å²) in [5.41, 5.74) is 0.